The van der Waals surface area contributed by atoms with Crippen LogP contribution in [0.25, 0.3) is 0 Å². The van der Waals surface area contributed by atoms with Crippen molar-refractivity contribution in [2.75, 3.05) is 26.2 Å². The molecule has 3 rings (SSSR count). The first kappa shape index (κ1) is 14.5. The minimum Gasteiger partial charge on any atom is -0.342 e. The Morgan fingerprint density at radius 1 is 1.05 bits per heavy atom. The Labute approximate surface area is 125 Å². The van der Waals surface area contributed by atoms with Crippen molar-refractivity contribution in [3.05, 3.63) is 35.6 Å². The van der Waals surface area contributed by atoms with Crippen molar-refractivity contribution in [2.45, 2.75) is 32.2 Å². The summed E-state index contributed by atoms with van der Waals surface area (Å²) in [4.78, 5) is 16.8. The van der Waals surface area contributed by atoms with E-state index in [1.165, 1.54) is 12.1 Å². The molecule has 2 heterocycles. The highest BCUT2D eigenvalue weighted by molar-refractivity contribution is 5.79. The topological polar surface area (TPSA) is 23.6 Å². The summed E-state index contributed by atoms with van der Waals surface area (Å²) in [6.07, 6.45) is 4.23. The van der Waals surface area contributed by atoms with Gasteiger partial charge in [-0.05, 0) is 56.5 Å². The number of piperidine rings is 1. The van der Waals surface area contributed by atoms with E-state index in [4.69, 9.17) is 0 Å². The Morgan fingerprint density at radius 2 is 1.67 bits per heavy atom. The van der Waals surface area contributed by atoms with Crippen LogP contribution >= 0.6 is 0 Å². The predicted molar refractivity (Wildman–Crippen MR) is 80.2 cm³/mol. The van der Waals surface area contributed by atoms with Gasteiger partial charge >= 0.3 is 0 Å². The van der Waals surface area contributed by atoms with Crippen molar-refractivity contribution in [1.82, 2.24) is 9.80 Å². The van der Waals surface area contributed by atoms with E-state index >= 15 is 0 Å². The van der Waals surface area contributed by atoms with E-state index in [-0.39, 0.29) is 11.7 Å². The van der Waals surface area contributed by atoms with Crippen molar-refractivity contribution in [1.29, 1.82) is 0 Å². The average Bonchev–Trinajstić information content (AvgIpc) is 3.04. The number of likely N-dealkylation sites (tertiary alicyclic amines) is 2. The molecule has 2 saturated heterocycles. The van der Waals surface area contributed by atoms with E-state index in [0.717, 1.165) is 64.0 Å². The van der Waals surface area contributed by atoms with Gasteiger partial charge in [-0.25, -0.2) is 4.39 Å². The Hall–Kier alpha value is -1.42. The summed E-state index contributed by atoms with van der Waals surface area (Å²) in [5.41, 5.74) is 1.14. The lowest BCUT2D eigenvalue weighted by molar-refractivity contribution is -0.136. The smallest absolute Gasteiger partial charge is 0.225 e. The van der Waals surface area contributed by atoms with Gasteiger partial charge in [-0.2, -0.15) is 0 Å². The number of halogens is 1. The Balaban J connectivity index is 1.48. The van der Waals surface area contributed by atoms with Crippen molar-refractivity contribution in [3.8, 4) is 0 Å². The fourth-order valence-corrected chi connectivity index (χ4v) is 3.38. The van der Waals surface area contributed by atoms with Crippen LogP contribution in [0.15, 0.2) is 24.3 Å². The molecule has 0 spiro atoms. The molecule has 0 radical (unpaired) electrons. The van der Waals surface area contributed by atoms with E-state index in [1.54, 1.807) is 0 Å². The molecule has 0 aliphatic carbocycles. The normalized spacial score (nSPS) is 20.9. The summed E-state index contributed by atoms with van der Waals surface area (Å²) in [5, 5.41) is 0. The minimum absolute atomic E-state index is 0.186. The first-order valence-electron chi connectivity index (χ1n) is 7.98. The third kappa shape index (κ3) is 3.62. The van der Waals surface area contributed by atoms with Crippen LogP contribution < -0.4 is 0 Å². The van der Waals surface area contributed by atoms with Gasteiger partial charge in [0.15, 0.2) is 0 Å². The van der Waals surface area contributed by atoms with E-state index in [0.29, 0.717) is 5.91 Å². The molecule has 2 aliphatic heterocycles. The van der Waals surface area contributed by atoms with Gasteiger partial charge in [0, 0.05) is 25.6 Å². The number of amides is 1. The van der Waals surface area contributed by atoms with E-state index < -0.39 is 0 Å². The van der Waals surface area contributed by atoms with Crippen LogP contribution in [0, 0.1) is 11.7 Å². The summed E-state index contributed by atoms with van der Waals surface area (Å²) in [7, 11) is 0. The van der Waals surface area contributed by atoms with Gasteiger partial charge in [0.1, 0.15) is 5.82 Å². The molecule has 1 aromatic carbocycles. The van der Waals surface area contributed by atoms with Gasteiger partial charge in [-0.3, -0.25) is 9.69 Å². The molecule has 2 fully saturated rings. The van der Waals surface area contributed by atoms with Crippen LogP contribution in [0.1, 0.15) is 31.2 Å². The summed E-state index contributed by atoms with van der Waals surface area (Å²) in [6, 6.07) is 6.71. The van der Waals surface area contributed by atoms with Crippen molar-refractivity contribution >= 4 is 5.91 Å². The monoisotopic (exact) mass is 290 g/mol. The number of rotatable bonds is 3. The van der Waals surface area contributed by atoms with Gasteiger partial charge in [0.25, 0.3) is 0 Å². The largest absolute Gasteiger partial charge is 0.342 e. The quantitative estimate of drug-likeness (QED) is 0.854. The molecule has 0 aromatic heterocycles. The van der Waals surface area contributed by atoms with Gasteiger partial charge < -0.3 is 4.90 Å². The number of hydrogen-bond acceptors (Lipinski definition) is 2. The predicted octanol–water partition coefficient (Wildman–Crippen LogP) is 2.66. The lowest BCUT2D eigenvalue weighted by Crippen LogP contribution is -2.41. The standard InChI is InChI=1S/C17H23FN2O/c18-16-5-3-14(4-6-16)13-19-11-7-15(8-12-19)17(21)20-9-1-2-10-20/h3-6,15H,1-2,7-13H2. The van der Waals surface area contributed by atoms with Crippen molar-refractivity contribution < 1.29 is 9.18 Å². The second-order valence-corrected chi connectivity index (χ2v) is 6.21. The second-order valence-electron chi connectivity index (χ2n) is 6.21. The SMILES string of the molecule is O=C(C1CCN(Cc2ccc(F)cc2)CC1)N1CCCC1. The van der Waals surface area contributed by atoms with E-state index in [2.05, 4.69) is 4.90 Å². The maximum Gasteiger partial charge on any atom is 0.225 e. The van der Waals surface area contributed by atoms with Crippen molar-refractivity contribution in [2.24, 2.45) is 5.92 Å². The number of carbonyl (C=O) groups is 1. The summed E-state index contributed by atoms with van der Waals surface area (Å²) >= 11 is 0. The van der Waals surface area contributed by atoms with Crippen LogP contribution in [-0.4, -0.2) is 41.9 Å². The second kappa shape index (κ2) is 6.56. The van der Waals surface area contributed by atoms with Gasteiger partial charge in [0.2, 0.25) is 5.91 Å². The zero-order valence-electron chi connectivity index (χ0n) is 12.4. The molecule has 0 atom stereocenters. The molecule has 114 valence electrons. The Kier molecular flexibility index (Phi) is 4.54. The molecule has 21 heavy (non-hydrogen) atoms. The third-order valence-electron chi connectivity index (χ3n) is 4.67. The highest BCUT2D eigenvalue weighted by Gasteiger charge is 2.29. The maximum atomic E-state index is 12.9. The average molecular weight is 290 g/mol. The summed E-state index contributed by atoms with van der Waals surface area (Å²) < 4.78 is 12.9. The molecule has 2 aliphatic rings. The molecule has 3 nitrogen and oxygen atoms in total. The van der Waals surface area contributed by atoms with Crippen LogP contribution in [0.2, 0.25) is 0 Å². The molecular formula is C17H23FN2O. The first-order valence-corrected chi connectivity index (χ1v) is 7.98. The highest BCUT2D eigenvalue weighted by atomic mass is 19.1. The lowest BCUT2D eigenvalue weighted by Gasteiger charge is -2.33. The minimum atomic E-state index is -0.186. The Bertz CT molecular complexity index is 474. The zero-order chi connectivity index (χ0) is 14.7. The molecule has 0 N–H and O–H groups in total. The Morgan fingerprint density at radius 3 is 2.29 bits per heavy atom. The fourth-order valence-electron chi connectivity index (χ4n) is 3.38. The van der Waals surface area contributed by atoms with E-state index in [9.17, 15) is 9.18 Å². The maximum absolute atomic E-state index is 12.9. The fraction of sp³-hybridized carbons (Fsp3) is 0.588. The van der Waals surface area contributed by atoms with Crippen LogP contribution in [-0.2, 0) is 11.3 Å². The lowest BCUT2D eigenvalue weighted by atomic mass is 9.95. The molecule has 4 heteroatoms. The number of benzene rings is 1. The number of nitrogens with zero attached hydrogens (tertiary/aromatic N) is 2. The molecule has 1 amide bonds. The van der Waals surface area contributed by atoms with E-state index in [1.807, 2.05) is 17.0 Å². The van der Waals surface area contributed by atoms with Gasteiger partial charge in [-0.15, -0.1) is 0 Å². The third-order valence-corrected chi connectivity index (χ3v) is 4.67. The highest BCUT2D eigenvalue weighted by Crippen LogP contribution is 2.23. The molecule has 1 aromatic rings. The van der Waals surface area contributed by atoms with Crippen molar-refractivity contribution in [3.63, 3.8) is 0 Å². The molecular weight excluding hydrogens is 267 g/mol. The summed E-state index contributed by atoms with van der Waals surface area (Å²) in [6.45, 7) is 4.68. The van der Waals surface area contributed by atoms with Gasteiger partial charge in [0.05, 0.1) is 0 Å². The van der Waals surface area contributed by atoms with Crippen LogP contribution in [0.3, 0.4) is 0 Å². The van der Waals surface area contributed by atoms with Gasteiger partial charge in [-0.1, -0.05) is 12.1 Å². The molecule has 0 saturated carbocycles. The zero-order valence-corrected chi connectivity index (χ0v) is 12.4. The van der Waals surface area contributed by atoms with Crippen LogP contribution in [0.4, 0.5) is 4.39 Å². The summed E-state index contributed by atoms with van der Waals surface area (Å²) in [5.74, 6) is 0.398. The molecule has 0 bridgehead atoms. The van der Waals surface area contributed by atoms with Crippen LogP contribution in [0.5, 0.6) is 0 Å². The first-order chi connectivity index (χ1) is 10.2. The molecule has 0 unspecified atom stereocenters. The number of hydrogen-bond donors (Lipinski definition) is 0. The number of carbonyl (C=O) groups excluding carboxylic acids is 1.